The van der Waals surface area contributed by atoms with Crippen molar-refractivity contribution in [3.63, 3.8) is 0 Å². The van der Waals surface area contributed by atoms with Crippen LogP contribution in [0.3, 0.4) is 0 Å². The van der Waals surface area contributed by atoms with E-state index in [1.165, 1.54) is 17.7 Å². The zero-order chi connectivity index (χ0) is 17.3. The highest BCUT2D eigenvalue weighted by molar-refractivity contribution is 7.90. The molecule has 2 aromatic carbocycles. The number of amides is 1. The van der Waals surface area contributed by atoms with Crippen LogP contribution in [-0.2, 0) is 9.84 Å². The molecule has 0 saturated carbocycles. The third-order valence-electron chi connectivity index (χ3n) is 4.51. The van der Waals surface area contributed by atoms with E-state index in [2.05, 4.69) is 24.3 Å². The van der Waals surface area contributed by atoms with Crippen molar-refractivity contribution < 1.29 is 13.2 Å². The molecule has 1 aliphatic rings. The number of rotatable bonds is 3. The van der Waals surface area contributed by atoms with E-state index in [1.54, 1.807) is 12.1 Å². The van der Waals surface area contributed by atoms with Gasteiger partial charge in [0.25, 0.3) is 5.91 Å². The predicted octanol–water partition coefficient (Wildman–Crippen LogP) is 3.38. The first-order chi connectivity index (χ1) is 11.4. The molecule has 1 aliphatic heterocycles. The molecule has 0 radical (unpaired) electrons. The summed E-state index contributed by atoms with van der Waals surface area (Å²) < 4.78 is 23.1. The largest absolute Gasteiger partial charge is 0.332 e. The maximum atomic E-state index is 12.8. The molecule has 5 heteroatoms. The van der Waals surface area contributed by atoms with Gasteiger partial charge >= 0.3 is 0 Å². The Labute approximate surface area is 143 Å². The molecule has 0 N–H and O–H groups in total. The molecule has 0 aromatic heterocycles. The van der Waals surface area contributed by atoms with E-state index in [0.29, 0.717) is 5.56 Å². The highest BCUT2D eigenvalue weighted by Crippen LogP contribution is 2.33. The van der Waals surface area contributed by atoms with Gasteiger partial charge in [-0.15, -0.1) is 0 Å². The van der Waals surface area contributed by atoms with Crippen molar-refractivity contribution in [2.75, 3.05) is 12.8 Å². The lowest BCUT2D eigenvalue weighted by Gasteiger charge is -2.25. The molecule has 1 saturated heterocycles. The minimum atomic E-state index is -3.25. The van der Waals surface area contributed by atoms with Gasteiger partial charge in [-0.25, -0.2) is 8.42 Å². The van der Waals surface area contributed by atoms with Crippen molar-refractivity contribution >= 4 is 15.7 Å². The molecule has 1 atom stereocenters. The molecule has 1 heterocycles. The molecular formula is C19H21NO3S. The van der Waals surface area contributed by atoms with Crippen LogP contribution in [0, 0.1) is 6.92 Å². The van der Waals surface area contributed by atoms with E-state index >= 15 is 0 Å². The standard InChI is InChI=1S/C19H21NO3S/c1-14-5-7-15(8-6-14)18-4-3-13-20(18)19(21)16-9-11-17(12-10-16)24(2,22)23/h5-12,18H,3-4,13H2,1-2H3. The summed E-state index contributed by atoms with van der Waals surface area (Å²) in [5.41, 5.74) is 2.88. The van der Waals surface area contributed by atoms with Crippen molar-refractivity contribution in [1.29, 1.82) is 0 Å². The van der Waals surface area contributed by atoms with E-state index in [-0.39, 0.29) is 16.8 Å². The number of benzene rings is 2. The Morgan fingerprint density at radius 1 is 1.04 bits per heavy atom. The van der Waals surface area contributed by atoms with Crippen LogP contribution in [0.2, 0.25) is 0 Å². The summed E-state index contributed by atoms with van der Waals surface area (Å²) in [7, 11) is -3.25. The third-order valence-corrected chi connectivity index (χ3v) is 5.63. The van der Waals surface area contributed by atoms with Crippen LogP contribution in [0.25, 0.3) is 0 Å². The van der Waals surface area contributed by atoms with Crippen molar-refractivity contribution in [2.24, 2.45) is 0 Å². The number of likely N-dealkylation sites (tertiary alicyclic amines) is 1. The second kappa shape index (κ2) is 6.40. The van der Waals surface area contributed by atoms with Crippen LogP contribution in [0.15, 0.2) is 53.4 Å². The molecule has 24 heavy (non-hydrogen) atoms. The van der Waals surface area contributed by atoms with Gasteiger partial charge < -0.3 is 4.90 Å². The minimum Gasteiger partial charge on any atom is -0.332 e. The number of hydrogen-bond acceptors (Lipinski definition) is 3. The molecule has 3 rings (SSSR count). The second-order valence-corrected chi connectivity index (χ2v) is 8.38. The van der Waals surface area contributed by atoms with Gasteiger partial charge in [0.1, 0.15) is 0 Å². The summed E-state index contributed by atoms with van der Waals surface area (Å²) in [5.74, 6) is -0.0434. The number of sulfone groups is 1. The van der Waals surface area contributed by atoms with Crippen molar-refractivity contribution in [2.45, 2.75) is 30.7 Å². The van der Waals surface area contributed by atoms with E-state index in [1.807, 2.05) is 11.8 Å². The van der Waals surface area contributed by atoms with Crippen LogP contribution >= 0.6 is 0 Å². The fourth-order valence-electron chi connectivity index (χ4n) is 3.16. The molecule has 0 spiro atoms. The maximum absolute atomic E-state index is 12.8. The van der Waals surface area contributed by atoms with Gasteiger partial charge in [0.15, 0.2) is 9.84 Å². The Hall–Kier alpha value is -2.14. The smallest absolute Gasteiger partial charge is 0.254 e. The van der Waals surface area contributed by atoms with Gasteiger partial charge in [0.2, 0.25) is 0 Å². The lowest BCUT2D eigenvalue weighted by atomic mass is 10.0. The van der Waals surface area contributed by atoms with Crippen molar-refractivity contribution in [3.8, 4) is 0 Å². The van der Waals surface area contributed by atoms with Gasteiger partial charge in [-0.1, -0.05) is 29.8 Å². The zero-order valence-corrected chi connectivity index (χ0v) is 14.7. The predicted molar refractivity (Wildman–Crippen MR) is 93.7 cm³/mol. The average Bonchev–Trinajstić information content (AvgIpc) is 3.04. The van der Waals surface area contributed by atoms with Gasteiger partial charge in [-0.2, -0.15) is 0 Å². The van der Waals surface area contributed by atoms with Crippen LogP contribution in [0.5, 0.6) is 0 Å². The highest BCUT2D eigenvalue weighted by Gasteiger charge is 2.30. The summed E-state index contributed by atoms with van der Waals surface area (Å²) in [6, 6.07) is 14.6. The Kier molecular flexibility index (Phi) is 4.45. The van der Waals surface area contributed by atoms with Crippen molar-refractivity contribution in [1.82, 2.24) is 4.90 Å². The van der Waals surface area contributed by atoms with Crippen molar-refractivity contribution in [3.05, 3.63) is 65.2 Å². The summed E-state index contributed by atoms with van der Waals surface area (Å²) in [4.78, 5) is 15.0. The molecule has 0 bridgehead atoms. The number of carbonyl (C=O) groups excluding carboxylic acids is 1. The van der Waals surface area contributed by atoms with Crippen LogP contribution in [0.1, 0.15) is 40.4 Å². The molecule has 2 aromatic rings. The van der Waals surface area contributed by atoms with E-state index in [9.17, 15) is 13.2 Å². The summed E-state index contributed by atoms with van der Waals surface area (Å²) in [5, 5.41) is 0. The molecule has 1 fully saturated rings. The van der Waals surface area contributed by atoms with Crippen LogP contribution in [0.4, 0.5) is 0 Å². The fraction of sp³-hybridized carbons (Fsp3) is 0.316. The Morgan fingerprint density at radius 2 is 1.67 bits per heavy atom. The molecular weight excluding hydrogens is 322 g/mol. The third kappa shape index (κ3) is 3.36. The minimum absolute atomic E-state index is 0.0434. The van der Waals surface area contributed by atoms with Gasteiger partial charge in [-0.05, 0) is 49.6 Å². The first-order valence-corrected chi connectivity index (χ1v) is 9.93. The molecule has 0 aliphatic carbocycles. The maximum Gasteiger partial charge on any atom is 0.254 e. The molecule has 1 unspecified atom stereocenters. The number of hydrogen-bond donors (Lipinski definition) is 0. The van der Waals surface area contributed by atoms with Gasteiger partial charge in [-0.3, -0.25) is 4.79 Å². The van der Waals surface area contributed by atoms with Crippen LogP contribution < -0.4 is 0 Å². The lowest BCUT2D eigenvalue weighted by Crippen LogP contribution is -2.30. The molecule has 4 nitrogen and oxygen atoms in total. The summed E-state index contributed by atoms with van der Waals surface area (Å²) >= 11 is 0. The second-order valence-electron chi connectivity index (χ2n) is 6.36. The summed E-state index contributed by atoms with van der Waals surface area (Å²) in [6.07, 6.45) is 3.10. The number of carbonyl (C=O) groups is 1. The molecule has 126 valence electrons. The lowest BCUT2D eigenvalue weighted by molar-refractivity contribution is 0.0735. The van der Waals surface area contributed by atoms with Crippen LogP contribution in [-0.4, -0.2) is 32.0 Å². The highest BCUT2D eigenvalue weighted by atomic mass is 32.2. The number of nitrogens with zero attached hydrogens (tertiary/aromatic N) is 1. The summed E-state index contributed by atoms with van der Waals surface area (Å²) in [6.45, 7) is 2.77. The molecule has 1 amide bonds. The first-order valence-electron chi connectivity index (χ1n) is 8.04. The van der Waals surface area contributed by atoms with E-state index in [0.717, 1.165) is 31.2 Å². The average molecular weight is 343 g/mol. The Morgan fingerprint density at radius 3 is 2.25 bits per heavy atom. The van der Waals surface area contributed by atoms with Gasteiger partial charge in [0.05, 0.1) is 10.9 Å². The topological polar surface area (TPSA) is 54.5 Å². The normalized spacial score (nSPS) is 17.9. The van der Waals surface area contributed by atoms with E-state index in [4.69, 9.17) is 0 Å². The SMILES string of the molecule is Cc1ccc(C2CCCN2C(=O)c2ccc(S(C)(=O)=O)cc2)cc1. The quantitative estimate of drug-likeness (QED) is 0.858. The Bertz CT molecular complexity index is 839. The van der Waals surface area contributed by atoms with Gasteiger partial charge in [0, 0.05) is 18.4 Å². The zero-order valence-electron chi connectivity index (χ0n) is 13.9. The fourth-order valence-corrected chi connectivity index (χ4v) is 3.79. The monoisotopic (exact) mass is 343 g/mol. The number of aryl methyl sites for hydroxylation is 1. The Balaban J connectivity index is 1.84. The first kappa shape index (κ1) is 16.7. The van der Waals surface area contributed by atoms with E-state index < -0.39 is 9.84 Å².